The van der Waals surface area contributed by atoms with Crippen LogP contribution in [-0.2, 0) is 9.84 Å². The molecule has 1 heterocycles. The Kier molecular flexibility index (Phi) is 5.44. The van der Waals surface area contributed by atoms with Gasteiger partial charge >= 0.3 is 0 Å². The fraction of sp³-hybridized carbons (Fsp3) is 0.562. The number of hydrogen-bond donors (Lipinski definition) is 1. The molecular formula is C16H24N2O4S. The van der Waals surface area contributed by atoms with Crippen LogP contribution in [0.4, 0.5) is 0 Å². The molecule has 6 nitrogen and oxygen atoms in total. The molecule has 0 spiro atoms. The van der Waals surface area contributed by atoms with Crippen LogP contribution in [0.15, 0.2) is 23.1 Å². The van der Waals surface area contributed by atoms with E-state index in [0.29, 0.717) is 38.3 Å². The third-order valence-electron chi connectivity index (χ3n) is 4.05. The van der Waals surface area contributed by atoms with Gasteiger partial charge in [0.2, 0.25) is 0 Å². The van der Waals surface area contributed by atoms with Gasteiger partial charge < -0.3 is 10.0 Å². The predicted molar refractivity (Wildman–Crippen MR) is 88.3 cm³/mol. The molecule has 0 radical (unpaired) electrons. The van der Waals surface area contributed by atoms with Crippen molar-refractivity contribution in [3.8, 4) is 0 Å². The Bertz CT molecular complexity index is 677. The van der Waals surface area contributed by atoms with E-state index in [2.05, 4.69) is 4.90 Å². The van der Waals surface area contributed by atoms with Crippen LogP contribution in [0.5, 0.6) is 0 Å². The number of aryl methyl sites for hydroxylation is 1. The van der Waals surface area contributed by atoms with Crippen LogP contribution in [0.3, 0.4) is 0 Å². The zero-order valence-corrected chi connectivity index (χ0v) is 14.6. The number of piperazine rings is 1. The van der Waals surface area contributed by atoms with E-state index in [1.165, 1.54) is 12.1 Å². The Morgan fingerprint density at radius 1 is 1.26 bits per heavy atom. The fourth-order valence-electron chi connectivity index (χ4n) is 2.74. The van der Waals surface area contributed by atoms with E-state index in [1.807, 2.05) is 6.92 Å². The smallest absolute Gasteiger partial charge is 0.254 e. The number of β-amino-alcohol motifs (C(OH)–C–C–N with tert-alkyl or cyclic N) is 1. The molecule has 23 heavy (non-hydrogen) atoms. The number of hydrogen-bond acceptors (Lipinski definition) is 5. The lowest BCUT2D eigenvalue weighted by atomic mass is 10.1. The summed E-state index contributed by atoms with van der Waals surface area (Å²) >= 11 is 0. The van der Waals surface area contributed by atoms with Gasteiger partial charge in [0.25, 0.3) is 5.91 Å². The molecule has 1 aromatic carbocycles. The average Bonchev–Trinajstić information content (AvgIpc) is 2.46. The molecule has 1 fully saturated rings. The molecule has 1 atom stereocenters. The molecule has 1 N–H and O–H groups in total. The molecule has 1 amide bonds. The number of benzene rings is 1. The maximum absolute atomic E-state index is 12.7. The van der Waals surface area contributed by atoms with Gasteiger partial charge in [-0.3, -0.25) is 9.69 Å². The highest BCUT2D eigenvalue weighted by Crippen LogP contribution is 2.18. The first-order valence-corrected chi connectivity index (χ1v) is 9.58. The molecule has 0 saturated carbocycles. The van der Waals surface area contributed by atoms with Crippen molar-refractivity contribution in [1.29, 1.82) is 0 Å². The van der Waals surface area contributed by atoms with Crippen molar-refractivity contribution in [1.82, 2.24) is 9.80 Å². The largest absolute Gasteiger partial charge is 0.392 e. The highest BCUT2D eigenvalue weighted by molar-refractivity contribution is 7.90. The molecule has 128 valence electrons. The number of nitrogens with zero attached hydrogens (tertiary/aromatic N) is 2. The summed E-state index contributed by atoms with van der Waals surface area (Å²) in [6, 6.07) is 4.67. The van der Waals surface area contributed by atoms with Crippen molar-refractivity contribution in [3.63, 3.8) is 0 Å². The van der Waals surface area contributed by atoms with Gasteiger partial charge in [0, 0.05) is 44.5 Å². The number of carbonyl (C=O) groups is 1. The predicted octanol–water partition coefficient (Wildman–Crippen LogP) is 0.537. The lowest BCUT2D eigenvalue weighted by molar-refractivity contribution is 0.0553. The fourth-order valence-corrected chi connectivity index (χ4v) is 3.39. The first kappa shape index (κ1) is 17.9. The van der Waals surface area contributed by atoms with E-state index < -0.39 is 9.84 Å². The van der Waals surface area contributed by atoms with Gasteiger partial charge in [0.15, 0.2) is 9.84 Å². The van der Waals surface area contributed by atoms with E-state index >= 15 is 0 Å². The van der Waals surface area contributed by atoms with Crippen LogP contribution in [0.25, 0.3) is 0 Å². The van der Waals surface area contributed by atoms with Crippen LogP contribution >= 0.6 is 0 Å². The van der Waals surface area contributed by atoms with Gasteiger partial charge in [-0.1, -0.05) is 6.07 Å². The summed E-state index contributed by atoms with van der Waals surface area (Å²) in [4.78, 5) is 16.7. The molecule has 0 aliphatic carbocycles. The quantitative estimate of drug-likeness (QED) is 0.865. The molecule has 0 aromatic heterocycles. The number of aliphatic hydroxyl groups excluding tert-OH is 1. The molecule has 0 unspecified atom stereocenters. The summed E-state index contributed by atoms with van der Waals surface area (Å²) in [5.74, 6) is -0.135. The van der Waals surface area contributed by atoms with Crippen molar-refractivity contribution in [3.05, 3.63) is 29.3 Å². The summed E-state index contributed by atoms with van der Waals surface area (Å²) in [6.45, 7) is 6.73. The maximum atomic E-state index is 12.7. The first-order chi connectivity index (χ1) is 10.7. The van der Waals surface area contributed by atoms with Gasteiger partial charge in [-0.05, 0) is 31.5 Å². The summed E-state index contributed by atoms with van der Waals surface area (Å²) in [5.41, 5.74) is 1.21. The van der Waals surface area contributed by atoms with Crippen LogP contribution in [-0.4, -0.2) is 74.3 Å². The maximum Gasteiger partial charge on any atom is 0.254 e. The zero-order valence-electron chi connectivity index (χ0n) is 13.8. The lowest BCUT2D eigenvalue weighted by Gasteiger charge is -2.35. The minimum absolute atomic E-state index is 0.135. The minimum Gasteiger partial charge on any atom is -0.392 e. The second-order valence-electron chi connectivity index (χ2n) is 6.19. The third-order valence-corrected chi connectivity index (χ3v) is 5.16. The Labute approximate surface area is 137 Å². The molecule has 2 rings (SSSR count). The van der Waals surface area contributed by atoms with Crippen LogP contribution in [0, 0.1) is 6.92 Å². The molecule has 1 aliphatic rings. The van der Waals surface area contributed by atoms with Crippen LogP contribution in [0.1, 0.15) is 22.8 Å². The number of amides is 1. The van der Waals surface area contributed by atoms with Gasteiger partial charge in [-0.2, -0.15) is 0 Å². The first-order valence-electron chi connectivity index (χ1n) is 7.69. The third kappa shape index (κ3) is 4.53. The van der Waals surface area contributed by atoms with Gasteiger partial charge in [-0.15, -0.1) is 0 Å². The lowest BCUT2D eigenvalue weighted by Crippen LogP contribution is -2.50. The Balaban J connectivity index is 2.13. The van der Waals surface area contributed by atoms with E-state index in [0.717, 1.165) is 11.8 Å². The molecule has 0 bridgehead atoms. The van der Waals surface area contributed by atoms with Crippen molar-refractivity contribution in [2.75, 3.05) is 39.0 Å². The normalized spacial score (nSPS) is 18.0. The highest BCUT2D eigenvalue weighted by Gasteiger charge is 2.24. The summed E-state index contributed by atoms with van der Waals surface area (Å²) in [7, 11) is -3.34. The van der Waals surface area contributed by atoms with Crippen LogP contribution < -0.4 is 0 Å². The second-order valence-corrected chi connectivity index (χ2v) is 8.21. The number of aliphatic hydroxyl groups is 1. The van der Waals surface area contributed by atoms with Crippen molar-refractivity contribution >= 4 is 15.7 Å². The van der Waals surface area contributed by atoms with Gasteiger partial charge in [0.05, 0.1) is 11.0 Å². The summed E-state index contributed by atoms with van der Waals surface area (Å²) in [6.07, 6.45) is 0.756. The molecule has 7 heteroatoms. The highest BCUT2D eigenvalue weighted by atomic mass is 32.2. The van der Waals surface area contributed by atoms with Crippen molar-refractivity contribution < 1.29 is 18.3 Å². The topological polar surface area (TPSA) is 77.9 Å². The standard InChI is InChI=1S/C16H24N2O4S/c1-12-4-5-14(23(3,21)22)10-15(12)16(20)18-8-6-17(7-9-18)11-13(2)19/h4-5,10,13,19H,6-9,11H2,1-3H3/t13-/m1/s1. The van der Waals surface area contributed by atoms with Gasteiger partial charge in [0.1, 0.15) is 0 Å². The van der Waals surface area contributed by atoms with Gasteiger partial charge in [-0.25, -0.2) is 8.42 Å². The minimum atomic E-state index is -3.34. The number of rotatable bonds is 4. The van der Waals surface area contributed by atoms with E-state index in [1.54, 1.807) is 17.9 Å². The van der Waals surface area contributed by atoms with Crippen molar-refractivity contribution in [2.45, 2.75) is 24.8 Å². The molecule has 1 saturated heterocycles. The summed E-state index contributed by atoms with van der Waals surface area (Å²) < 4.78 is 23.4. The van der Waals surface area contributed by atoms with Crippen LogP contribution in [0.2, 0.25) is 0 Å². The van der Waals surface area contributed by atoms with Crippen molar-refractivity contribution in [2.24, 2.45) is 0 Å². The number of sulfone groups is 1. The zero-order chi connectivity index (χ0) is 17.2. The average molecular weight is 340 g/mol. The van der Waals surface area contributed by atoms with E-state index in [9.17, 15) is 18.3 Å². The van der Waals surface area contributed by atoms with E-state index in [-0.39, 0.29) is 16.9 Å². The second kappa shape index (κ2) is 6.98. The Hall–Kier alpha value is -1.44. The monoisotopic (exact) mass is 340 g/mol. The molecule has 1 aromatic rings. The number of carbonyl (C=O) groups excluding carboxylic acids is 1. The summed E-state index contributed by atoms with van der Waals surface area (Å²) in [5, 5.41) is 9.42. The van der Waals surface area contributed by atoms with E-state index in [4.69, 9.17) is 0 Å². The Morgan fingerprint density at radius 2 is 1.87 bits per heavy atom. The molecular weight excluding hydrogens is 316 g/mol. The molecule has 1 aliphatic heterocycles. The SMILES string of the molecule is Cc1ccc(S(C)(=O)=O)cc1C(=O)N1CCN(C[C@@H](C)O)CC1. The Morgan fingerprint density at radius 3 is 2.39 bits per heavy atom.